The average Bonchev–Trinajstić information content (AvgIpc) is 3.31. The third kappa shape index (κ3) is 3.41. The van der Waals surface area contributed by atoms with Gasteiger partial charge in [-0.3, -0.25) is 4.79 Å². The van der Waals surface area contributed by atoms with Gasteiger partial charge in [-0.15, -0.1) is 0 Å². The van der Waals surface area contributed by atoms with Crippen LogP contribution < -0.4 is 19.0 Å². The van der Waals surface area contributed by atoms with E-state index in [9.17, 15) is 13.2 Å². The van der Waals surface area contributed by atoms with E-state index in [4.69, 9.17) is 8.92 Å². The molecule has 0 bridgehead atoms. The van der Waals surface area contributed by atoms with E-state index in [0.29, 0.717) is 15.1 Å². The molecule has 5 rings (SSSR count). The summed E-state index contributed by atoms with van der Waals surface area (Å²) in [6, 6.07) is 20.2. The van der Waals surface area contributed by atoms with Gasteiger partial charge >= 0.3 is 10.1 Å². The van der Waals surface area contributed by atoms with Crippen LogP contribution in [0.3, 0.4) is 0 Å². The summed E-state index contributed by atoms with van der Waals surface area (Å²) in [5.74, 6) is 0.242. The average molecular weight is 465 g/mol. The molecule has 0 saturated heterocycles. The van der Waals surface area contributed by atoms with Crippen molar-refractivity contribution in [2.45, 2.75) is 4.90 Å². The molecule has 0 saturated carbocycles. The van der Waals surface area contributed by atoms with Crippen LogP contribution in [0, 0.1) is 0 Å². The van der Waals surface area contributed by atoms with Crippen LogP contribution in [0.1, 0.15) is 5.56 Å². The van der Waals surface area contributed by atoms with Crippen molar-refractivity contribution in [3.8, 4) is 11.5 Å². The number of imidazole rings is 1. The highest BCUT2D eigenvalue weighted by molar-refractivity contribution is 7.87. The zero-order valence-electron chi connectivity index (χ0n) is 16.8. The fourth-order valence-corrected chi connectivity index (χ4v) is 5.36. The van der Waals surface area contributed by atoms with Crippen LogP contribution in [-0.2, 0) is 10.1 Å². The van der Waals surface area contributed by atoms with E-state index in [0.717, 1.165) is 11.0 Å². The number of ether oxygens (including phenoxy) is 1. The third-order valence-corrected chi connectivity index (χ3v) is 7.09. The standard InChI is InChI=1S/C23H16N2O5S2/c1-29-19-13-7-8-15(21(19)30-32(27,28)16-9-3-2-4-10-16)14-20-22(26)25-18-12-6-5-11-17(18)24-23(25)31-20/h2-14H,1H3/b20-14-. The first-order valence-corrected chi connectivity index (χ1v) is 11.8. The number of hydrogen-bond donors (Lipinski definition) is 0. The second-order valence-corrected chi connectivity index (χ2v) is 9.42. The minimum Gasteiger partial charge on any atom is -0.493 e. The predicted molar refractivity (Wildman–Crippen MR) is 123 cm³/mol. The van der Waals surface area contributed by atoms with E-state index >= 15 is 0 Å². The minimum atomic E-state index is -4.11. The van der Waals surface area contributed by atoms with Crippen molar-refractivity contribution in [1.29, 1.82) is 0 Å². The number of nitrogens with zero attached hydrogens (tertiary/aromatic N) is 2. The van der Waals surface area contributed by atoms with Crippen molar-refractivity contribution in [3.05, 3.63) is 93.2 Å². The number of rotatable bonds is 5. The Balaban J connectivity index is 1.68. The van der Waals surface area contributed by atoms with Gasteiger partial charge in [-0.05, 0) is 36.4 Å². The van der Waals surface area contributed by atoms with E-state index in [1.165, 1.54) is 30.6 Å². The molecule has 32 heavy (non-hydrogen) atoms. The number of fused-ring (bicyclic) bond motifs is 3. The fourth-order valence-electron chi connectivity index (χ4n) is 3.39. The number of methoxy groups -OCH3 is 1. The fraction of sp³-hybridized carbons (Fsp3) is 0.0435. The van der Waals surface area contributed by atoms with E-state index in [1.807, 2.05) is 24.3 Å². The summed E-state index contributed by atoms with van der Waals surface area (Å²) in [7, 11) is -2.68. The molecule has 0 aliphatic carbocycles. The lowest BCUT2D eigenvalue weighted by molar-refractivity contribution is 0.390. The molecule has 2 heterocycles. The van der Waals surface area contributed by atoms with E-state index in [-0.39, 0.29) is 22.0 Å². The second-order valence-electron chi connectivity index (χ2n) is 6.86. The first-order valence-electron chi connectivity index (χ1n) is 9.56. The molecule has 2 aromatic heterocycles. The van der Waals surface area contributed by atoms with E-state index < -0.39 is 10.1 Å². The Morgan fingerprint density at radius 3 is 2.50 bits per heavy atom. The molecule has 0 radical (unpaired) electrons. The van der Waals surface area contributed by atoms with Gasteiger partial charge < -0.3 is 8.92 Å². The van der Waals surface area contributed by atoms with Gasteiger partial charge in [0.2, 0.25) is 0 Å². The summed E-state index contributed by atoms with van der Waals surface area (Å²) in [5.41, 5.74) is 1.62. The molecule has 0 amide bonds. The number of thiazole rings is 1. The number of para-hydroxylation sites is 3. The first kappa shape index (κ1) is 20.2. The van der Waals surface area contributed by atoms with Crippen LogP contribution in [0.5, 0.6) is 11.5 Å². The van der Waals surface area contributed by atoms with Crippen molar-refractivity contribution >= 4 is 43.5 Å². The van der Waals surface area contributed by atoms with E-state index in [1.54, 1.807) is 46.9 Å². The van der Waals surface area contributed by atoms with Crippen molar-refractivity contribution < 1.29 is 17.3 Å². The van der Waals surface area contributed by atoms with Crippen LogP contribution in [0.2, 0.25) is 0 Å². The Morgan fingerprint density at radius 1 is 0.969 bits per heavy atom. The molecular formula is C23H16N2O5S2. The molecule has 3 aromatic carbocycles. The number of benzene rings is 3. The summed E-state index contributed by atoms with van der Waals surface area (Å²) < 4.78 is 38.4. The molecule has 160 valence electrons. The molecule has 9 heteroatoms. The maximum atomic E-state index is 13.1. The smallest absolute Gasteiger partial charge is 0.339 e. The summed E-state index contributed by atoms with van der Waals surface area (Å²) in [6.45, 7) is 0. The molecule has 0 atom stereocenters. The highest BCUT2D eigenvalue weighted by Crippen LogP contribution is 2.34. The van der Waals surface area contributed by atoms with Crippen LogP contribution >= 0.6 is 11.3 Å². The predicted octanol–water partition coefficient (Wildman–Crippen LogP) is 3.23. The summed E-state index contributed by atoms with van der Waals surface area (Å²) >= 11 is 1.22. The maximum absolute atomic E-state index is 13.1. The van der Waals surface area contributed by atoms with Crippen LogP contribution in [0.4, 0.5) is 0 Å². The largest absolute Gasteiger partial charge is 0.493 e. The first-order chi connectivity index (χ1) is 15.5. The van der Waals surface area contributed by atoms with Crippen molar-refractivity contribution in [2.75, 3.05) is 7.11 Å². The second kappa shape index (κ2) is 7.77. The molecule has 7 nitrogen and oxygen atoms in total. The van der Waals surface area contributed by atoms with Gasteiger partial charge in [0.1, 0.15) is 4.90 Å². The minimum absolute atomic E-state index is 0.00847. The van der Waals surface area contributed by atoms with Crippen molar-refractivity contribution in [2.24, 2.45) is 0 Å². The molecular weight excluding hydrogens is 448 g/mol. The Kier molecular flexibility index (Phi) is 4.91. The summed E-state index contributed by atoms with van der Waals surface area (Å²) in [5, 5.41) is 0. The highest BCUT2D eigenvalue weighted by Gasteiger charge is 2.21. The molecule has 5 aromatic rings. The molecule has 0 aliphatic heterocycles. The van der Waals surface area contributed by atoms with Crippen LogP contribution in [0.25, 0.3) is 22.1 Å². The molecule has 0 aliphatic rings. The van der Waals surface area contributed by atoms with Gasteiger partial charge in [0, 0.05) is 5.56 Å². The maximum Gasteiger partial charge on any atom is 0.339 e. The lowest BCUT2D eigenvalue weighted by Gasteiger charge is -2.13. The molecule has 0 N–H and O–H groups in total. The van der Waals surface area contributed by atoms with Gasteiger partial charge in [0.15, 0.2) is 16.5 Å². The Bertz CT molecular complexity index is 1670. The van der Waals surface area contributed by atoms with Crippen molar-refractivity contribution in [1.82, 2.24) is 9.38 Å². The molecule has 0 fully saturated rings. The quantitative estimate of drug-likeness (QED) is 0.371. The lowest BCUT2D eigenvalue weighted by Crippen LogP contribution is -2.22. The Hall–Kier alpha value is -3.69. The summed E-state index contributed by atoms with van der Waals surface area (Å²) in [6.07, 6.45) is 1.59. The van der Waals surface area contributed by atoms with Gasteiger partial charge in [0.25, 0.3) is 5.56 Å². The topological polar surface area (TPSA) is 87.0 Å². The SMILES string of the molecule is COc1cccc(/C=c2\sc3nc4ccccc4n3c2=O)c1OS(=O)(=O)c1ccccc1. The van der Waals surface area contributed by atoms with Crippen LogP contribution in [-0.4, -0.2) is 24.9 Å². The Labute approximate surface area is 186 Å². The zero-order chi connectivity index (χ0) is 22.3. The number of aromatic nitrogens is 2. The summed E-state index contributed by atoms with van der Waals surface area (Å²) in [4.78, 5) is 18.2. The highest BCUT2D eigenvalue weighted by atomic mass is 32.2. The van der Waals surface area contributed by atoms with Crippen molar-refractivity contribution in [3.63, 3.8) is 0 Å². The zero-order valence-corrected chi connectivity index (χ0v) is 18.4. The van der Waals surface area contributed by atoms with Gasteiger partial charge in [-0.2, -0.15) is 8.42 Å². The van der Waals surface area contributed by atoms with E-state index in [2.05, 4.69) is 4.98 Å². The monoisotopic (exact) mass is 464 g/mol. The normalized spacial score (nSPS) is 12.5. The molecule has 0 spiro atoms. The Morgan fingerprint density at radius 2 is 1.72 bits per heavy atom. The lowest BCUT2D eigenvalue weighted by atomic mass is 10.2. The molecule has 0 unspecified atom stereocenters. The van der Waals surface area contributed by atoms with Crippen LogP contribution in [0.15, 0.2) is 82.5 Å². The van der Waals surface area contributed by atoms with Gasteiger partial charge in [-0.1, -0.05) is 53.8 Å². The van der Waals surface area contributed by atoms with Gasteiger partial charge in [0.05, 0.1) is 22.7 Å². The van der Waals surface area contributed by atoms with Gasteiger partial charge in [-0.25, -0.2) is 9.38 Å². The third-order valence-electron chi connectivity index (χ3n) is 4.89. The number of hydrogen-bond acceptors (Lipinski definition) is 7.